The fourth-order valence-electron chi connectivity index (χ4n) is 1.69. The van der Waals surface area contributed by atoms with Crippen molar-refractivity contribution in [3.05, 3.63) is 0 Å². The Kier molecular flexibility index (Phi) is 9.00. The van der Waals surface area contributed by atoms with Crippen molar-refractivity contribution in [3.63, 3.8) is 0 Å². The van der Waals surface area contributed by atoms with Crippen molar-refractivity contribution in [3.8, 4) is 0 Å². The van der Waals surface area contributed by atoms with Gasteiger partial charge in [-0.2, -0.15) is 0 Å². The summed E-state index contributed by atoms with van der Waals surface area (Å²) >= 11 is 0. The van der Waals surface area contributed by atoms with E-state index >= 15 is 0 Å². The molecular formula is C12H26N2O2. The van der Waals surface area contributed by atoms with Crippen LogP contribution in [0, 0.1) is 11.8 Å². The molecule has 0 rings (SSSR count). The molecule has 0 saturated carbocycles. The average Bonchev–Trinajstić information content (AvgIpc) is 2.22. The van der Waals surface area contributed by atoms with E-state index < -0.39 is 0 Å². The minimum absolute atomic E-state index is 0.103. The van der Waals surface area contributed by atoms with Crippen LogP contribution in [0.3, 0.4) is 0 Å². The van der Waals surface area contributed by atoms with Crippen LogP contribution in [0.25, 0.3) is 0 Å². The molecule has 0 aromatic heterocycles. The quantitative estimate of drug-likeness (QED) is 0.595. The van der Waals surface area contributed by atoms with Crippen LogP contribution in [0.15, 0.2) is 0 Å². The lowest BCUT2D eigenvalue weighted by molar-refractivity contribution is 0.225. The summed E-state index contributed by atoms with van der Waals surface area (Å²) in [4.78, 5) is 11.3. The van der Waals surface area contributed by atoms with Gasteiger partial charge in [0, 0.05) is 19.7 Å². The van der Waals surface area contributed by atoms with Crippen LogP contribution < -0.4 is 10.6 Å². The zero-order chi connectivity index (χ0) is 12.4. The smallest absolute Gasteiger partial charge is 0.314 e. The Labute approximate surface area is 98.8 Å². The first kappa shape index (κ1) is 15.2. The highest BCUT2D eigenvalue weighted by Crippen LogP contribution is 2.13. The van der Waals surface area contributed by atoms with E-state index in [1.807, 2.05) is 6.92 Å². The second-order valence-corrected chi connectivity index (χ2v) is 4.64. The van der Waals surface area contributed by atoms with Gasteiger partial charge >= 0.3 is 6.03 Å². The third-order valence-electron chi connectivity index (χ3n) is 2.43. The van der Waals surface area contributed by atoms with Crippen LogP contribution in [0.4, 0.5) is 4.79 Å². The molecular weight excluding hydrogens is 204 g/mol. The largest absolute Gasteiger partial charge is 0.396 e. The number of aliphatic hydroxyl groups excluding tert-OH is 1. The second kappa shape index (κ2) is 9.46. The predicted molar refractivity (Wildman–Crippen MR) is 66.3 cm³/mol. The summed E-state index contributed by atoms with van der Waals surface area (Å²) in [5.74, 6) is 0.967. The molecule has 0 spiro atoms. The van der Waals surface area contributed by atoms with Gasteiger partial charge in [-0.3, -0.25) is 0 Å². The Morgan fingerprint density at radius 3 is 2.50 bits per heavy atom. The molecule has 0 aromatic rings. The van der Waals surface area contributed by atoms with Crippen LogP contribution in [0.5, 0.6) is 0 Å². The van der Waals surface area contributed by atoms with Crippen molar-refractivity contribution >= 4 is 6.03 Å². The van der Waals surface area contributed by atoms with E-state index in [1.54, 1.807) is 0 Å². The summed E-state index contributed by atoms with van der Waals surface area (Å²) in [6.45, 7) is 7.88. The maximum absolute atomic E-state index is 11.3. The number of carbonyl (C=O) groups is 1. The Hall–Kier alpha value is -0.770. The van der Waals surface area contributed by atoms with E-state index in [2.05, 4.69) is 24.5 Å². The zero-order valence-corrected chi connectivity index (χ0v) is 10.8. The lowest BCUT2D eigenvalue weighted by atomic mass is 9.94. The van der Waals surface area contributed by atoms with Crippen LogP contribution >= 0.6 is 0 Å². The van der Waals surface area contributed by atoms with Gasteiger partial charge in [0.25, 0.3) is 0 Å². The molecule has 0 fully saturated rings. The third-order valence-corrected chi connectivity index (χ3v) is 2.43. The first-order valence-corrected chi connectivity index (χ1v) is 6.22. The van der Waals surface area contributed by atoms with E-state index in [0.717, 1.165) is 19.3 Å². The van der Waals surface area contributed by atoms with Crippen LogP contribution in [0.2, 0.25) is 0 Å². The molecule has 3 N–H and O–H groups in total. The van der Waals surface area contributed by atoms with Crippen molar-refractivity contribution in [2.75, 3.05) is 19.7 Å². The second-order valence-electron chi connectivity index (χ2n) is 4.64. The molecule has 0 aliphatic carbocycles. The van der Waals surface area contributed by atoms with Gasteiger partial charge in [-0.15, -0.1) is 0 Å². The Bertz CT molecular complexity index is 184. The number of hydrogen-bond donors (Lipinski definition) is 3. The van der Waals surface area contributed by atoms with Gasteiger partial charge in [-0.1, -0.05) is 20.8 Å². The van der Waals surface area contributed by atoms with Crippen molar-refractivity contribution < 1.29 is 9.90 Å². The number of aliphatic hydroxyl groups is 1. The summed E-state index contributed by atoms with van der Waals surface area (Å²) in [7, 11) is 0. The summed E-state index contributed by atoms with van der Waals surface area (Å²) in [6.07, 6.45) is 2.74. The van der Waals surface area contributed by atoms with Crippen molar-refractivity contribution in [1.29, 1.82) is 0 Å². The number of nitrogens with one attached hydrogen (secondary N) is 2. The van der Waals surface area contributed by atoms with Gasteiger partial charge in [0.15, 0.2) is 0 Å². The van der Waals surface area contributed by atoms with Gasteiger partial charge in [-0.25, -0.2) is 4.79 Å². The monoisotopic (exact) mass is 230 g/mol. The van der Waals surface area contributed by atoms with Crippen LogP contribution in [0.1, 0.15) is 40.0 Å². The molecule has 0 bridgehead atoms. The molecule has 96 valence electrons. The summed E-state index contributed by atoms with van der Waals surface area (Å²) in [5, 5.41) is 14.5. The van der Waals surface area contributed by atoms with Gasteiger partial charge in [-0.05, 0) is 31.1 Å². The first-order valence-electron chi connectivity index (χ1n) is 6.22. The van der Waals surface area contributed by atoms with Gasteiger partial charge in [0.2, 0.25) is 0 Å². The maximum Gasteiger partial charge on any atom is 0.314 e. The third kappa shape index (κ3) is 8.53. The lowest BCUT2D eigenvalue weighted by Crippen LogP contribution is -2.38. The van der Waals surface area contributed by atoms with Crippen LogP contribution in [-0.4, -0.2) is 30.8 Å². The Balaban J connectivity index is 3.77. The molecule has 1 unspecified atom stereocenters. The number of rotatable bonds is 8. The molecule has 4 nitrogen and oxygen atoms in total. The topological polar surface area (TPSA) is 61.4 Å². The van der Waals surface area contributed by atoms with Crippen molar-refractivity contribution in [2.24, 2.45) is 11.8 Å². The molecule has 16 heavy (non-hydrogen) atoms. The molecule has 4 heteroatoms. The van der Waals surface area contributed by atoms with Crippen LogP contribution in [-0.2, 0) is 0 Å². The molecule has 1 atom stereocenters. The molecule has 2 amide bonds. The van der Waals surface area contributed by atoms with Crippen molar-refractivity contribution in [2.45, 2.75) is 40.0 Å². The fraction of sp³-hybridized carbons (Fsp3) is 0.917. The highest BCUT2D eigenvalue weighted by molar-refractivity contribution is 5.73. The van der Waals surface area contributed by atoms with Crippen molar-refractivity contribution in [1.82, 2.24) is 10.6 Å². The SMILES string of the molecule is CCCNC(=O)NCC(CCO)CC(C)C. The lowest BCUT2D eigenvalue weighted by Gasteiger charge is -2.18. The minimum Gasteiger partial charge on any atom is -0.396 e. The number of carbonyl (C=O) groups excluding carboxylic acids is 1. The Morgan fingerprint density at radius 1 is 1.31 bits per heavy atom. The average molecular weight is 230 g/mol. The standard InChI is InChI=1S/C12H26N2O2/c1-4-6-13-12(16)14-9-11(5-7-15)8-10(2)3/h10-11,15H,4-9H2,1-3H3,(H2,13,14,16). The van der Waals surface area contributed by atoms with E-state index in [9.17, 15) is 4.79 Å². The molecule has 0 aliphatic rings. The van der Waals surface area contributed by atoms with Gasteiger partial charge in [0.05, 0.1) is 0 Å². The molecule has 0 radical (unpaired) electrons. The fourth-order valence-corrected chi connectivity index (χ4v) is 1.69. The minimum atomic E-state index is -0.103. The number of hydrogen-bond acceptors (Lipinski definition) is 2. The van der Waals surface area contributed by atoms with E-state index in [1.165, 1.54) is 0 Å². The molecule has 0 aliphatic heterocycles. The molecule has 0 saturated heterocycles. The summed E-state index contributed by atoms with van der Waals surface area (Å²) in [6, 6.07) is -0.103. The molecule has 0 aromatic carbocycles. The van der Waals surface area contributed by atoms with Gasteiger partial charge in [0.1, 0.15) is 0 Å². The zero-order valence-electron chi connectivity index (χ0n) is 10.8. The van der Waals surface area contributed by atoms with E-state index in [4.69, 9.17) is 5.11 Å². The predicted octanol–water partition coefficient (Wildman–Crippen LogP) is 1.74. The number of urea groups is 1. The summed E-state index contributed by atoms with van der Waals surface area (Å²) in [5.41, 5.74) is 0. The highest BCUT2D eigenvalue weighted by atomic mass is 16.3. The van der Waals surface area contributed by atoms with Gasteiger partial charge < -0.3 is 15.7 Å². The normalized spacial score (nSPS) is 12.6. The Morgan fingerprint density at radius 2 is 2.00 bits per heavy atom. The highest BCUT2D eigenvalue weighted by Gasteiger charge is 2.11. The van der Waals surface area contributed by atoms with E-state index in [-0.39, 0.29) is 12.6 Å². The molecule has 0 heterocycles. The van der Waals surface area contributed by atoms with E-state index in [0.29, 0.717) is 24.9 Å². The number of amides is 2. The first-order chi connectivity index (χ1) is 7.60. The maximum atomic E-state index is 11.3. The summed E-state index contributed by atoms with van der Waals surface area (Å²) < 4.78 is 0.